The van der Waals surface area contributed by atoms with Crippen molar-refractivity contribution in [3.63, 3.8) is 0 Å². The van der Waals surface area contributed by atoms with Gasteiger partial charge >= 0.3 is 0 Å². The number of nitrogens with zero attached hydrogens (tertiary/aromatic N) is 1. The second-order valence-electron chi connectivity index (χ2n) is 5.20. The minimum atomic E-state index is -3.60. The van der Waals surface area contributed by atoms with E-state index in [4.69, 9.17) is 15.2 Å². The highest BCUT2D eigenvalue weighted by atomic mass is 32.2. The van der Waals surface area contributed by atoms with Crippen LogP contribution in [0.25, 0.3) is 0 Å². The molecule has 2 N–H and O–H groups in total. The first-order valence-electron chi connectivity index (χ1n) is 6.87. The zero-order valence-electron chi connectivity index (χ0n) is 12.6. The Morgan fingerprint density at radius 1 is 1.24 bits per heavy atom. The molecule has 0 aromatic heterocycles. The molecule has 1 aromatic rings. The highest BCUT2D eigenvalue weighted by Crippen LogP contribution is 2.32. The first kappa shape index (κ1) is 16.1. The van der Waals surface area contributed by atoms with Crippen molar-refractivity contribution in [1.29, 1.82) is 0 Å². The van der Waals surface area contributed by atoms with Crippen LogP contribution in [0.2, 0.25) is 0 Å². The molecule has 1 fully saturated rings. The van der Waals surface area contributed by atoms with E-state index in [0.29, 0.717) is 37.4 Å². The van der Waals surface area contributed by atoms with E-state index in [-0.39, 0.29) is 11.0 Å². The number of piperidine rings is 1. The lowest BCUT2D eigenvalue weighted by atomic mass is 10.1. The number of anilines is 1. The van der Waals surface area contributed by atoms with Gasteiger partial charge in [0.2, 0.25) is 10.0 Å². The van der Waals surface area contributed by atoms with Crippen LogP contribution in [0.5, 0.6) is 5.75 Å². The van der Waals surface area contributed by atoms with Crippen molar-refractivity contribution >= 4 is 15.7 Å². The molecule has 0 radical (unpaired) electrons. The van der Waals surface area contributed by atoms with Crippen LogP contribution < -0.4 is 10.5 Å². The minimum absolute atomic E-state index is 0.126. The lowest BCUT2D eigenvalue weighted by Crippen LogP contribution is -2.40. The predicted octanol–water partition coefficient (Wildman–Crippen LogP) is 1.39. The number of ether oxygens (including phenoxy) is 2. The highest BCUT2D eigenvalue weighted by molar-refractivity contribution is 7.89. The van der Waals surface area contributed by atoms with Crippen molar-refractivity contribution in [1.82, 2.24) is 4.31 Å². The van der Waals surface area contributed by atoms with E-state index in [0.717, 1.165) is 5.56 Å². The second kappa shape index (κ2) is 6.21. The zero-order chi connectivity index (χ0) is 15.6. The summed E-state index contributed by atoms with van der Waals surface area (Å²) in [5.41, 5.74) is 7.10. The molecule has 0 saturated carbocycles. The summed E-state index contributed by atoms with van der Waals surface area (Å²) < 4.78 is 37.5. The van der Waals surface area contributed by atoms with Crippen LogP contribution in [0.15, 0.2) is 17.0 Å². The molecule has 0 atom stereocenters. The van der Waals surface area contributed by atoms with E-state index < -0.39 is 10.0 Å². The number of methoxy groups -OCH3 is 2. The summed E-state index contributed by atoms with van der Waals surface area (Å²) in [5.74, 6) is 0.329. The standard InChI is InChI=1S/C14H22N2O4S/c1-10-8-13(20-3)14(9-12(10)15)21(17,18)16-6-4-11(19-2)5-7-16/h8-9,11H,4-7,15H2,1-3H3. The number of hydrogen-bond acceptors (Lipinski definition) is 5. The van der Waals surface area contributed by atoms with Crippen LogP contribution in [0.3, 0.4) is 0 Å². The highest BCUT2D eigenvalue weighted by Gasteiger charge is 2.31. The Bertz CT molecular complexity index is 608. The Labute approximate surface area is 125 Å². The fraction of sp³-hybridized carbons (Fsp3) is 0.571. The van der Waals surface area contributed by atoms with Gasteiger partial charge in [-0.15, -0.1) is 0 Å². The fourth-order valence-corrected chi connectivity index (χ4v) is 4.13. The van der Waals surface area contributed by atoms with E-state index in [1.54, 1.807) is 13.2 Å². The van der Waals surface area contributed by atoms with Gasteiger partial charge in [0.1, 0.15) is 10.6 Å². The van der Waals surface area contributed by atoms with Gasteiger partial charge in [0.25, 0.3) is 0 Å². The maximum atomic E-state index is 12.8. The molecule has 1 aliphatic heterocycles. The van der Waals surface area contributed by atoms with Crippen molar-refractivity contribution < 1.29 is 17.9 Å². The number of nitrogens with two attached hydrogens (primary N) is 1. The molecule has 0 unspecified atom stereocenters. The third-order valence-electron chi connectivity index (χ3n) is 3.90. The molecule has 1 heterocycles. The lowest BCUT2D eigenvalue weighted by Gasteiger charge is -2.30. The van der Waals surface area contributed by atoms with Gasteiger partial charge in [-0.25, -0.2) is 8.42 Å². The van der Waals surface area contributed by atoms with Crippen LogP contribution in [-0.4, -0.2) is 46.1 Å². The van der Waals surface area contributed by atoms with Gasteiger partial charge in [-0.3, -0.25) is 0 Å². The number of benzene rings is 1. The van der Waals surface area contributed by atoms with E-state index in [9.17, 15) is 8.42 Å². The predicted molar refractivity (Wildman–Crippen MR) is 80.9 cm³/mol. The molecule has 0 amide bonds. The summed E-state index contributed by atoms with van der Waals surface area (Å²) in [4.78, 5) is 0.129. The van der Waals surface area contributed by atoms with Crippen molar-refractivity contribution in [2.75, 3.05) is 33.0 Å². The Morgan fingerprint density at radius 3 is 2.38 bits per heavy atom. The van der Waals surface area contributed by atoms with E-state index in [1.165, 1.54) is 17.5 Å². The number of nitrogen functional groups attached to an aromatic ring is 1. The van der Waals surface area contributed by atoms with Crippen LogP contribution >= 0.6 is 0 Å². The normalized spacial score (nSPS) is 17.9. The topological polar surface area (TPSA) is 81.9 Å². The van der Waals surface area contributed by atoms with Gasteiger partial charge in [0, 0.05) is 25.9 Å². The van der Waals surface area contributed by atoms with Gasteiger partial charge in [0.05, 0.1) is 13.2 Å². The van der Waals surface area contributed by atoms with Crippen molar-refractivity contribution in [3.8, 4) is 5.75 Å². The van der Waals surface area contributed by atoms with Crippen LogP contribution in [0.1, 0.15) is 18.4 Å². The van der Waals surface area contributed by atoms with E-state index in [1.807, 2.05) is 6.92 Å². The Balaban J connectivity index is 2.34. The second-order valence-corrected chi connectivity index (χ2v) is 7.11. The first-order chi connectivity index (χ1) is 9.90. The van der Waals surface area contributed by atoms with E-state index >= 15 is 0 Å². The van der Waals surface area contributed by atoms with Crippen molar-refractivity contribution in [3.05, 3.63) is 17.7 Å². The largest absolute Gasteiger partial charge is 0.495 e. The number of sulfonamides is 1. The molecular weight excluding hydrogens is 292 g/mol. The Hall–Kier alpha value is -1.31. The summed E-state index contributed by atoms with van der Waals surface area (Å²) in [6.45, 7) is 2.70. The zero-order valence-corrected chi connectivity index (χ0v) is 13.4. The molecule has 6 nitrogen and oxygen atoms in total. The van der Waals surface area contributed by atoms with E-state index in [2.05, 4.69) is 0 Å². The average molecular weight is 314 g/mol. The van der Waals surface area contributed by atoms with Crippen molar-refractivity contribution in [2.24, 2.45) is 0 Å². The number of hydrogen-bond donors (Lipinski definition) is 1. The molecule has 1 saturated heterocycles. The van der Waals surface area contributed by atoms with Crippen molar-refractivity contribution in [2.45, 2.75) is 30.8 Å². The molecule has 21 heavy (non-hydrogen) atoms. The molecule has 2 rings (SSSR count). The molecule has 0 spiro atoms. The lowest BCUT2D eigenvalue weighted by molar-refractivity contribution is 0.0604. The number of rotatable bonds is 4. The number of aryl methyl sites for hydroxylation is 1. The van der Waals surface area contributed by atoms with Gasteiger partial charge < -0.3 is 15.2 Å². The summed E-state index contributed by atoms with van der Waals surface area (Å²) in [7, 11) is -0.492. The van der Waals surface area contributed by atoms with Gasteiger partial charge in [0.15, 0.2) is 0 Å². The van der Waals surface area contributed by atoms with Crippen LogP contribution in [0.4, 0.5) is 5.69 Å². The van der Waals surface area contributed by atoms with Gasteiger partial charge in [-0.05, 0) is 37.5 Å². The molecule has 0 aliphatic carbocycles. The Kier molecular flexibility index (Phi) is 4.75. The first-order valence-corrected chi connectivity index (χ1v) is 8.31. The molecule has 7 heteroatoms. The smallest absolute Gasteiger partial charge is 0.246 e. The SMILES string of the molecule is COc1cc(C)c(N)cc1S(=O)(=O)N1CCC(OC)CC1. The maximum absolute atomic E-state index is 12.8. The molecule has 118 valence electrons. The third-order valence-corrected chi connectivity index (χ3v) is 5.82. The van der Waals surface area contributed by atoms with Crippen LogP contribution in [0, 0.1) is 6.92 Å². The monoisotopic (exact) mass is 314 g/mol. The minimum Gasteiger partial charge on any atom is -0.495 e. The quantitative estimate of drug-likeness (QED) is 0.849. The molecular formula is C14H22N2O4S. The summed E-state index contributed by atoms with van der Waals surface area (Å²) >= 11 is 0. The fourth-order valence-electron chi connectivity index (χ4n) is 2.49. The Morgan fingerprint density at radius 2 is 1.86 bits per heavy atom. The van der Waals surface area contributed by atoms with Crippen LogP contribution in [-0.2, 0) is 14.8 Å². The maximum Gasteiger partial charge on any atom is 0.246 e. The molecule has 1 aromatic carbocycles. The summed E-state index contributed by atoms with van der Waals surface area (Å²) in [6.07, 6.45) is 1.51. The van der Waals surface area contributed by atoms with Gasteiger partial charge in [-0.2, -0.15) is 4.31 Å². The van der Waals surface area contributed by atoms with Gasteiger partial charge in [-0.1, -0.05) is 0 Å². The molecule has 0 bridgehead atoms. The average Bonchev–Trinajstić information content (AvgIpc) is 2.49. The third kappa shape index (κ3) is 3.14. The molecule has 1 aliphatic rings. The summed E-state index contributed by atoms with van der Waals surface area (Å²) in [5, 5.41) is 0. The summed E-state index contributed by atoms with van der Waals surface area (Å²) in [6, 6.07) is 3.13.